The van der Waals surface area contributed by atoms with Crippen molar-refractivity contribution in [3.05, 3.63) is 122 Å². The summed E-state index contributed by atoms with van der Waals surface area (Å²) in [6.07, 6.45) is 91.7. The topological polar surface area (TPSA) is 114 Å². The van der Waals surface area contributed by atoms with E-state index in [9.17, 15) is 19.0 Å². The van der Waals surface area contributed by atoms with Crippen molar-refractivity contribution in [2.75, 3.05) is 40.9 Å². The van der Waals surface area contributed by atoms with Crippen LogP contribution in [0.2, 0.25) is 0 Å². The fourth-order valence-electron chi connectivity index (χ4n) is 9.89. The average Bonchev–Trinajstić information content (AvgIpc) is 3.70. The molecule has 87 heavy (non-hydrogen) atoms. The van der Waals surface area contributed by atoms with Gasteiger partial charge in [-0.3, -0.25) is 14.2 Å². The number of carbonyl (C=O) groups excluding carboxylic acids is 2. The maximum absolute atomic E-state index is 13.6. The number of quaternary nitrogens is 1. The number of nitrogens with zero attached hydrogens (tertiary/aromatic N) is 1. The molecule has 0 aliphatic rings. The van der Waals surface area contributed by atoms with Gasteiger partial charge in [-0.05, 0) is 122 Å². The van der Waals surface area contributed by atoms with E-state index in [4.69, 9.17) is 13.8 Å². The second-order valence-electron chi connectivity index (χ2n) is 25.0. The van der Waals surface area contributed by atoms with Crippen molar-refractivity contribution in [2.24, 2.45) is 0 Å². The maximum Gasteiger partial charge on any atom is 0.306 e. The molecule has 0 aromatic heterocycles. The first-order chi connectivity index (χ1) is 42.4. The van der Waals surface area contributed by atoms with Gasteiger partial charge in [0.05, 0.1) is 33.8 Å². The summed E-state index contributed by atoms with van der Waals surface area (Å²) in [5.74, 6) is -0.563. The van der Waals surface area contributed by atoms with Crippen molar-refractivity contribution < 1.29 is 37.3 Å². The minimum Gasteiger partial charge on any atom is -0.756 e. The highest BCUT2D eigenvalue weighted by Gasteiger charge is 2.27. The van der Waals surface area contributed by atoms with Gasteiger partial charge in [0.2, 0.25) is 5.91 Å². The zero-order chi connectivity index (χ0) is 63.5. The van der Waals surface area contributed by atoms with Gasteiger partial charge < -0.3 is 28.5 Å². The van der Waals surface area contributed by atoms with Gasteiger partial charge in [-0.2, -0.15) is 0 Å². The molecule has 10 heteroatoms. The van der Waals surface area contributed by atoms with Gasteiger partial charge in [0.15, 0.2) is 0 Å². The normalized spacial score (nSPS) is 14.2. The van der Waals surface area contributed by atoms with Gasteiger partial charge >= 0.3 is 5.97 Å². The molecular weight excluding hydrogens is 1100 g/mol. The van der Waals surface area contributed by atoms with Crippen molar-refractivity contribution >= 4 is 19.7 Å². The van der Waals surface area contributed by atoms with Crippen LogP contribution in [0, 0.1) is 0 Å². The lowest BCUT2D eigenvalue weighted by Crippen LogP contribution is -2.47. The lowest BCUT2D eigenvalue weighted by molar-refractivity contribution is -0.870. The second-order valence-corrected chi connectivity index (χ2v) is 26.4. The summed E-state index contributed by atoms with van der Waals surface area (Å²) in [6, 6.07) is -0.908. The summed E-state index contributed by atoms with van der Waals surface area (Å²) < 4.78 is 30.5. The Hall–Kier alpha value is -3.59. The predicted molar refractivity (Wildman–Crippen MR) is 376 cm³/mol. The molecule has 500 valence electrons. The van der Waals surface area contributed by atoms with E-state index in [-0.39, 0.29) is 24.9 Å². The van der Waals surface area contributed by atoms with Gasteiger partial charge in [-0.15, -0.1) is 0 Å². The number of rotatable bonds is 64. The molecule has 0 bridgehead atoms. The Labute approximate surface area is 537 Å². The Kier molecular flexibility index (Phi) is 62.7. The first kappa shape index (κ1) is 83.4. The number of hydrogen-bond acceptors (Lipinski definition) is 7. The molecule has 0 saturated carbocycles. The third-order valence-corrected chi connectivity index (χ3v) is 16.3. The maximum atomic E-state index is 13.6. The Morgan fingerprint density at radius 1 is 0.414 bits per heavy atom. The number of phosphoric ester groups is 1. The van der Waals surface area contributed by atoms with Crippen LogP contribution in [0.3, 0.4) is 0 Å². The summed E-state index contributed by atoms with van der Waals surface area (Å²) >= 11 is 0. The summed E-state index contributed by atoms with van der Waals surface area (Å²) in [6.45, 7) is 6.70. The van der Waals surface area contributed by atoms with Crippen molar-refractivity contribution in [1.29, 1.82) is 0 Å². The van der Waals surface area contributed by atoms with Crippen molar-refractivity contribution in [3.8, 4) is 0 Å². The van der Waals surface area contributed by atoms with E-state index in [1.165, 1.54) is 122 Å². The number of allylic oxidation sites excluding steroid dienone is 19. The van der Waals surface area contributed by atoms with E-state index in [1.54, 1.807) is 0 Å². The molecule has 0 saturated heterocycles. The lowest BCUT2D eigenvalue weighted by atomic mass is 10.0. The van der Waals surface area contributed by atoms with Crippen LogP contribution in [0.25, 0.3) is 0 Å². The van der Waals surface area contributed by atoms with Crippen LogP contribution in [0.1, 0.15) is 303 Å². The zero-order valence-corrected chi connectivity index (χ0v) is 58.1. The molecule has 1 amide bonds. The van der Waals surface area contributed by atoms with E-state index < -0.39 is 26.6 Å². The molecule has 0 aliphatic heterocycles. The van der Waals surface area contributed by atoms with E-state index in [2.05, 4.69) is 135 Å². The van der Waals surface area contributed by atoms with E-state index in [0.29, 0.717) is 23.9 Å². The second kappa shape index (κ2) is 65.4. The van der Waals surface area contributed by atoms with Crippen molar-refractivity contribution in [2.45, 2.75) is 315 Å². The molecule has 0 aromatic carbocycles. The molecule has 0 fully saturated rings. The Morgan fingerprint density at radius 2 is 0.736 bits per heavy atom. The molecular formula is C77H135N2O7P. The number of nitrogens with one attached hydrogen (secondary N) is 1. The highest BCUT2D eigenvalue weighted by molar-refractivity contribution is 7.45. The van der Waals surface area contributed by atoms with Crippen LogP contribution in [0.15, 0.2) is 122 Å². The highest BCUT2D eigenvalue weighted by atomic mass is 31.2. The molecule has 1 N–H and O–H groups in total. The number of ether oxygens (including phenoxy) is 1. The molecule has 0 aliphatic carbocycles. The SMILES string of the molecule is CC/C=C\C/C=C\C/C=C\C/C=C\C/C=C\C/C=C\CCCCCCCCC(=O)NC(COP(=O)([O-])OCC[N+](C)(C)C)C(/C=C/CCCCCCCCCCCCC)OC(=O)CCCCCCCCCCCC/C=C\C/C=C\C/C=C\CCCCC. The fourth-order valence-corrected chi connectivity index (χ4v) is 10.6. The smallest absolute Gasteiger partial charge is 0.306 e. The molecule has 3 unspecified atom stereocenters. The highest BCUT2D eigenvalue weighted by Crippen LogP contribution is 2.38. The molecule has 0 rings (SSSR count). The summed E-state index contributed by atoms with van der Waals surface area (Å²) in [7, 11) is 1.16. The quantitative estimate of drug-likeness (QED) is 0.0212. The molecule has 0 spiro atoms. The van der Waals surface area contributed by atoms with Gasteiger partial charge in [-0.25, -0.2) is 0 Å². The largest absolute Gasteiger partial charge is 0.756 e. The van der Waals surface area contributed by atoms with Crippen LogP contribution in [-0.4, -0.2) is 69.4 Å². The minimum atomic E-state index is -4.72. The van der Waals surface area contributed by atoms with E-state index in [0.717, 1.165) is 141 Å². The predicted octanol–water partition coefficient (Wildman–Crippen LogP) is 22.4. The number of unbranched alkanes of at least 4 members (excludes halogenated alkanes) is 30. The molecule has 0 radical (unpaired) electrons. The van der Waals surface area contributed by atoms with Crippen LogP contribution in [0.5, 0.6) is 0 Å². The van der Waals surface area contributed by atoms with Crippen LogP contribution in [0.4, 0.5) is 0 Å². The molecule has 9 nitrogen and oxygen atoms in total. The summed E-state index contributed by atoms with van der Waals surface area (Å²) in [5, 5.41) is 3.03. The molecule has 0 aromatic rings. The standard InChI is InChI=1S/C77H135N2O7P/c1-7-10-13-16-19-22-25-28-30-32-34-36-38-39-41-42-44-46-48-51-54-57-60-63-66-69-76(80)78-74(73-85-87(82,83)84-72-71-79(4,5)6)75(68-65-62-59-56-53-50-27-24-21-18-15-12-9-3)86-77(81)70-67-64-61-58-55-52-49-47-45-43-40-37-35-33-31-29-26-23-20-17-14-11-8-2/h10,13,19-20,22-23,28-31,34-37,39,41,44,46,65,68,74-75H,7-9,11-12,14-18,21,24-27,32-33,38,40,42-43,45,47-64,66-67,69-73H2,1-6H3,(H-,78,80,82,83)/b13-10-,22-19-,23-20-,30-28-,31-29-,36-34-,37-35-,41-39-,46-44-,68-65+. The van der Waals surface area contributed by atoms with E-state index in [1.807, 2.05) is 33.3 Å². The number of phosphoric acid groups is 1. The fraction of sp³-hybridized carbons (Fsp3) is 0.714. The lowest BCUT2D eigenvalue weighted by Gasteiger charge is -2.30. The monoisotopic (exact) mass is 1230 g/mol. The van der Waals surface area contributed by atoms with Crippen LogP contribution >= 0.6 is 7.82 Å². The van der Waals surface area contributed by atoms with E-state index >= 15 is 0 Å². The van der Waals surface area contributed by atoms with Gasteiger partial charge in [0.1, 0.15) is 19.3 Å². The average molecular weight is 1230 g/mol. The number of carbonyl (C=O) groups is 2. The van der Waals surface area contributed by atoms with Gasteiger partial charge in [0.25, 0.3) is 7.82 Å². The first-order valence-electron chi connectivity index (χ1n) is 35.8. The van der Waals surface area contributed by atoms with Crippen molar-refractivity contribution in [3.63, 3.8) is 0 Å². The Balaban J connectivity index is 5.17. The summed E-state index contributed by atoms with van der Waals surface area (Å²) in [4.78, 5) is 40.2. The molecule has 0 heterocycles. The Bertz CT molecular complexity index is 1900. The Morgan fingerprint density at radius 3 is 1.13 bits per heavy atom. The minimum absolute atomic E-state index is 0.0319. The number of likely N-dealkylation sites (N-methyl/N-ethyl adjacent to an activating group) is 1. The number of amides is 1. The first-order valence-corrected chi connectivity index (χ1v) is 37.3. The number of hydrogen-bond donors (Lipinski definition) is 1. The molecule has 3 atom stereocenters. The van der Waals surface area contributed by atoms with Crippen molar-refractivity contribution in [1.82, 2.24) is 5.32 Å². The van der Waals surface area contributed by atoms with Crippen LogP contribution < -0.4 is 10.2 Å². The van der Waals surface area contributed by atoms with Crippen LogP contribution in [-0.2, 0) is 27.9 Å². The zero-order valence-electron chi connectivity index (χ0n) is 57.2. The summed E-state index contributed by atoms with van der Waals surface area (Å²) in [5.41, 5.74) is 0. The number of esters is 1. The third kappa shape index (κ3) is 66.7. The van der Waals surface area contributed by atoms with Gasteiger partial charge in [0, 0.05) is 12.8 Å². The van der Waals surface area contributed by atoms with Gasteiger partial charge in [-0.1, -0.05) is 290 Å². The third-order valence-electron chi connectivity index (χ3n) is 15.4.